The monoisotopic (exact) mass is 345 g/mol. The maximum absolute atomic E-state index is 11.9. The number of rotatable bonds is 5. The van der Waals surface area contributed by atoms with E-state index in [1.54, 1.807) is 11.3 Å². The highest BCUT2D eigenvalue weighted by atomic mass is 35.5. The molecule has 8 heteroatoms. The molecule has 0 aliphatic carbocycles. The second-order valence-corrected chi connectivity index (χ2v) is 5.83. The molecule has 0 saturated carbocycles. The van der Waals surface area contributed by atoms with E-state index in [1.165, 1.54) is 6.07 Å². The van der Waals surface area contributed by atoms with Crippen molar-refractivity contribution in [3.8, 4) is 0 Å². The van der Waals surface area contributed by atoms with Crippen molar-refractivity contribution in [2.45, 2.75) is 6.42 Å². The zero-order chi connectivity index (χ0) is 15.4. The summed E-state index contributed by atoms with van der Waals surface area (Å²) < 4.78 is 5.07. The van der Waals surface area contributed by atoms with Crippen molar-refractivity contribution in [2.24, 2.45) is 0 Å². The number of ether oxygens (including phenoxy) is 1. The second-order valence-electron chi connectivity index (χ2n) is 4.01. The zero-order valence-corrected chi connectivity index (χ0v) is 12.9. The number of nitro benzene ring substituents is 1. The third-order valence-corrected chi connectivity index (χ3v) is 4.33. The molecule has 21 heavy (non-hydrogen) atoms. The smallest absolute Gasteiger partial charge is 0.338 e. The fraction of sp³-hybridized carbons (Fsp3) is 0.154. The van der Waals surface area contributed by atoms with Gasteiger partial charge in [0.05, 0.1) is 22.1 Å². The van der Waals surface area contributed by atoms with Crippen LogP contribution < -0.4 is 0 Å². The van der Waals surface area contributed by atoms with Gasteiger partial charge in [0, 0.05) is 17.4 Å². The van der Waals surface area contributed by atoms with E-state index < -0.39 is 16.6 Å². The number of hydrogen-bond acceptors (Lipinski definition) is 5. The molecule has 0 aliphatic heterocycles. The van der Waals surface area contributed by atoms with Crippen LogP contribution in [-0.2, 0) is 11.2 Å². The summed E-state index contributed by atoms with van der Waals surface area (Å²) in [4.78, 5) is 23.1. The van der Waals surface area contributed by atoms with Gasteiger partial charge in [-0.3, -0.25) is 10.1 Å². The first kappa shape index (κ1) is 15.8. The van der Waals surface area contributed by atoms with Gasteiger partial charge >= 0.3 is 5.97 Å². The predicted molar refractivity (Wildman–Crippen MR) is 81.4 cm³/mol. The third kappa shape index (κ3) is 3.93. The van der Waals surface area contributed by atoms with Crippen molar-refractivity contribution in [3.05, 3.63) is 60.2 Å². The van der Waals surface area contributed by atoms with Gasteiger partial charge < -0.3 is 4.74 Å². The van der Waals surface area contributed by atoms with E-state index in [0.29, 0.717) is 6.42 Å². The van der Waals surface area contributed by atoms with Crippen LogP contribution in [0.1, 0.15) is 15.2 Å². The van der Waals surface area contributed by atoms with Crippen molar-refractivity contribution in [3.63, 3.8) is 0 Å². The van der Waals surface area contributed by atoms with Crippen LogP contribution in [0, 0.1) is 10.1 Å². The van der Waals surface area contributed by atoms with Crippen LogP contribution in [0.15, 0.2) is 29.6 Å². The van der Waals surface area contributed by atoms with Gasteiger partial charge in [0.25, 0.3) is 5.69 Å². The summed E-state index contributed by atoms with van der Waals surface area (Å²) in [6.07, 6.45) is 0.590. The SMILES string of the molecule is O=C(OCCc1cccs1)c1cc(Cl)c(Cl)c([N+](=O)[O-])c1. The molecule has 0 spiro atoms. The minimum atomic E-state index is -0.698. The first-order valence-corrected chi connectivity index (χ1v) is 7.45. The van der Waals surface area contributed by atoms with Crippen LogP contribution >= 0.6 is 34.5 Å². The summed E-state index contributed by atoms with van der Waals surface area (Å²) in [5.41, 5.74) is -0.420. The highest BCUT2D eigenvalue weighted by molar-refractivity contribution is 7.09. The van der Waals surface area contributed by atoms with E-state index in [1.807, 2.05) is 17.5 Å². The molecular formula is C13H9Cl2NO4S. The van der Waals surface area contributed by atoms with Crippen molar-refractivity contribution in [2.75, 3.05) is 6.61 Å². The van der Waals surface area contributed by atoms with Crippen molar-refractivity contribution >= 4 is 46.2 Å². The molecule has 0 bridgehead atoms. The van der Waals surface area contributed by atoms with E-state index in [-0.39, 0.29) is 22.2 Å². The molecule has 1 aromatic carbocycles. The topological polar surface area (TPSA) is 69.4 Å². The Labute approximate surface area is 134 Å². The first-order chi connectivity index (χ1) is 9.99. The lowest BCUT2D eigenvalue weighted by molar-refractivity contribution is -0.384. The van der Waals surface area contributed by atoms with Crippen molar-refractivity contribution < 1.29 is 14.5 Å². The highest BCUT2D eigenvalue weighted by Gasteiger charge is 2.20. The molecule has 2 aromatic rings. The van der Waals surface area contributed by atoms with Gasteiger partial charge in [0.15, 0.2) is 0 Å². The van der Waals surface area contributed by atoms with E-state index in [2.05, 4.69) is 0 Å². The Balaban J connectivity index is 2.07. The fourth-order valence-electron chi connectivity index (χ4n) is 1.61. The summed E-state index contributed by atoms with van der Waals surface area (Å²) in [5, 5.41) is 12.5. The molecule has 0 radical (unpaired) electrons. The Morgan fingerprint density at radius 1 is 1.38 bits per heavy atom. The number of benzene rings is 1. The number of nitro groups is 1. The molecule has 0 saturated heterocycles. The highest BCUT2D eigenvalue weighted by Crippen LogP contribution is 2.33. The van der Waals surface area contributed by atoms with Gasteiger partial charge in [0.1, 0.15) is 5.02 Å². The van der Waals surface area contributed by atoms with Gasteiger partial charge in [0.2, 0.25) is 0 Å². The summed E-state index contributed by atoms with van der Waals surface area (Å²) >= 11 is 13.1. The largest absolute Gasteiger partial charge is 0.462 e. The lowest BCUT2D eigenvalue weighted by Crippen LogP contribution is -2.08. The van der Waals surface area contributed by atoms with Crippen LogP contribution in [0.5, 0.6) is 0 Å². The molecule has 0 atom stereocenters. The summed E-state index contributed by atoms with van der Waals surface area (Å²) in [5.74, 6) is -0.673. The second kappa shape index (κ2) is 6.89. The molecule has 0 aliphatic rings. The van der Waals surface area contributed by atoms with E-state index in [0.717, 1.165) is 10.9 Å². The van der Waals surface area contributed by atoms with Crippen LogP contribution in [0.3, 0.4) is 0 Å². The first-order valence-electron chi connectivity index (χ1n) is 5.82. The summed E-state index contributed by atoms with van der Waals surface area (Å²) in [7, 11) is 0. The maximum Gasteiger partial charge on any atom is 0.338 e. The normalized spacial score (nSPS) is 10.4. The van der Waals surface area contributed by atoms with Crippen molar-refractivity contribution in [1.82, 2.24) is 0 Å². The number of carbonyl (C=O) groups is 1. The van der Waals surface area contributed by atoms with Crippen molar-refractivity contribution in [1.29, 1.82) is 0 Å². The quantitative estimate of drug-likeness (QED) is 0.458. The number of thiophene rings is 1. The summed E-state index contributed by atoms with van der Waals surface area (Å²) in [6, 6.07) is 6.15. The summed E-state index contributed by atoms with van der Waals surface area (Å²) in [6.45, 7) is 0.188. The molecule has 5 nitrogen and oxygen atoms in total. The zero-order valence-electron chi connectivity index (χ0n) is 10.5. The van der Waals surface area contributed by atoms with E-state index >= 15 is 0 Å². The Morgan fingerprint density at radius 3 is 2.76 bits per heavy atom. The fourth-order valence-corrected chi connectivity index (χ4v) is 2.69. The number of nitrogens with zero attached hydrogens (tertiary/aromatic N) is 1. The molecule has 0 unspecified atom stereocenters. The Kier molecular flexibility index (Phi) is 5.17. The molecular weight excluding hydrogens is 337 g/mol. The van der Waals surface area contributed by atoms with Gasteiger partial charge in [-0.25, -0.2) is 4.79 Å². The molecule has 0 amide bonds. The minimum Gasteiger partial charge on any atom is -0.462 e. The predicted octanol–water partition coefficient (Wildman–Crippen LogP) is 4.36. The number of carbonyl (C=O) groups excluding carboxylic acids is 1. The van der Waals surface area contributed by atoms with Crippen LogP contribution in [-0.4, -0.2) is 17.5 Å². The molecule has 2 rings (SSSR count). The Bertz CT molecular complexity index is 673. The average molecular weight is 346 g/mol. The lowest BCUT2D eigenvalue weighted by atomic mass is 10.2. The molecule has 1 heterocycles. The van der Waals surface area contributed by atoms with Gasteiger partial charge in [-0.2, -0.15) is 0 Å². The molecule has 110 valence electrons. The minimum absolute atomic E-state index is 0.00211. The Hall–Kier alpha value is -1.63. The van der Waals surface area contributed by atoms with E-state index in [9.17, 15) is 14.9 Å². The standard InChI is InChI=1S/C13H9Cl2NO4S/c14-10-6-8(7-11(12(10)15)16(18)19)13(17)20-4-3-9-2-1-5-21-9/h1-2,5-7H,3-4H2. The average Bonchev–Trinajstić information content (AvgIpc) is 2.94. The lowest BCUT2D eigenvalue weighted by Gasteiger charge is -2.05. The maximum atomic E-state index is 11.9. The third-order valence-electron chi connectivity index (χ3n) is 2.60. The molecule has 1 aromatic heterocycles. The van der Waals surface area contributed by atoms with Crippen LogP contribution in [0.4, 0.5) is 5.69 Å². The van der Waals surface area contributed by atoms with Gasteiger partial charge in [-0.1, -0.05) is 29.3 Å². The van der Waals surface area contributed by atoms with Gasteiger partial charge in [-0.15, -0.1) is 11.3 Å². The Morgan fingerprint density at radius 2 is 2.14 bits per heavy atom. The number of hydrogen-bond donors (Lipinski definition) is 0. The van der Waals surface area contributed by atoms with Crippen LogP contribution in [0.25, 0.3) is 0 Å². The van der Waals surface area contributed by atoms with E-state index in [4.69, 9.17) is 27.9 Å². The number of esters is 1. The van der Waals surface area contributed by atoms with Gasteiger partial charge in [-0.05, 0) is 17.5 Å². The van der Waals surface area contributed by atoms with Crippen LogP contribution in [0.2, 0.25) is 10.0 Å². The molecule has 0 fully saturated rings. The molecule has 0 N–H and O–H groups in total. The number of halogens is 2.